The number of rotatable bonds is 2. The summed E-state index contributed by atoms with van der Waals surface area (Å²) in [5, 5.41) is 11.7. The van der Waals surface area contributed by atoms with Crippen LogP contribution >= 0.6 is 0 Å². The molecule has 0 spiro atoms. The van der Waals surface area contributed by atoms with E-state index in [1.54, 1.807) is 0 Å². The number of hydrogen-bond donors (Lipinski definition) is 1. The highest BCUT2D eigenvalue weighted by molar-refractivity contribution is 5.86. The lowest BCUT2D eigenvalue weighted by atomic mass is 10.1. The zero-order valence-electron chi connectivity index (χ0n) is 8.60. The molecule has 0 aromatic carbocycles. The van der Waals surface area contributed by atoms with Gasteiger partial charge in [-0.3, -0.25) is 4.98 Å². The fraction of sp³-hybridized carbons (Fsp3) is 0.100. The van der Waals surface area contributed by atoms with Crippen LogP contribution in [0.5, 0.6) is 0 Å². The second-order valence-electron chi connectivity index (χ2n) is 3.28. The zero-order chi connectivity index (χ0) is 13.3. The van der Waals surface area contributed by atoms with Crippen LogP contribution < -0.4 is 0 Å². The first kappa shape index (κ1) is 12.1. The van der Waals surface area contributed by atoms with Crippen molar-refractivity contribution in [2.45, 2.75) is 6.18 Å². The molecule has 0 bridgehead atoms. The molecule has 2 heterocycles. The summed E-state index contributed by atoms with van der Waals surface area (Å²) in [7, 11) is 0. The van der Waals surface area contributed by atoms with Crippen molar-refractivity contribution in [3.63, 3.8) is 0 Å². The Bertz CT molecular complexity index is 592. The van der Waals surface area contributed by atoms with Gasteiger partial charge >= 0.3 is 12.1 Å². The number of carboxylic acids is 1. The number of aromatic nitrogens is 2. The van der Waals surface area contributed by atoms with E-state index in [0.29, 0.717) is 0 Å². The van der Waals surface area contributed by atoms with Crippen molar-refractivity contribution < 1.29 is 27.6 Å². The molecule has 1 N–H and O–H groups in total. The van der Waals surface area contributed by atoms with Gasteiger partial charge in [0, 0.05) is 12.3 Å². The first-order valence-corrected chi connectivity index (χ1v) is 4.62. The molecule has 0 aliphatic heterocycles. The minimum Gasteiger partial charge on any atom is -0.476 e. The fourth-order valence-corrected chi connectivity index (χ4v) is 1.32. The smallest absolute Gasteiger partial charge is 0.418 e. The third-order valence-electron chi connectivity index (χ3n) is 2.08. The van der Waals surface area contributed by atoms with Crippen molar-refractivity contribution in [1.82, 2.24) is 10.1 Å². The minimum atomic E-state index is -4.61. The van der Waals surface area contributed by atoms with E-state index < -0.39 is 29.1 Å². The molecule has 8 heteroatoms. The SMILES string of the molecule is O=C(O)c1cc(-c2ncccc2C(F)(F)F)on1. The van der Waals surface area contributed by atoms with Crippen LogP contribution in [0.4, 0.5) is 13.2 Å². The maximum atomic E-state index is 12.7. The number of nitrogens with zero attached hydrogens (tertiary/aromatic N) is 2. The predicted octanol–water partition coefficient (Wildman–Crippen LogP) is 2.45. The lowest BCUT2D eigenvalue weighted by molar-refractivity contribution is -0.137. The number of aromatic carboxylic acids is 1. The summed E-state index contributed by atoms with van der Waals surface area (Å²) in [4.78, 5) is 14.1. The van der Waals surface area contributed by atoms with E-state index in [9.17, 15) is 18.0 Å². The summed E-state index contributed by atoms with van der Waals surface area (Å²) < 4.78 is 42.6. The van der Waals surface area contributed by atoms with Crippen LogP contribution in [0.2, 0.25) is 0 Å². The van der Waals surface area contributed by atoms with Crippen molar-refractivity contribution in [3.05, 3.63) is 35.7 Å². The second-order valence-corrected chi connectivity index (χ2v) is 3.28. The number of carbonyl (C=O) groups is 1. The topological polar surface area (TPSA) is 76.2 Å². The van der Waals surface area contributed by atoms with Gasteiger partial charge in [0.1, 0.15) is 5.69 Å². The Morgan fingerprint density at radius 2 is 2.11 bits per heavy atom. The highest BCUT2D eigenvalue weighted by Crippen LogP contribution is 2.35. The molecule has 0 aliphatic rings. The molecule has 2 aromatic rings. The van der Waals surface area contributed by atoms with Crippen molar-refractivity contribution in [2.24, 2.45) is 0 Å². The van der Waals surface area contributed by atoms with E-state index >= 15 is 0 Å². The summed E-state index contributed by atoms with van der Waals surface area (Å²) in [6.45, 7) is 0. The molecule has 0 saturated carbocycles. The van der Waals surface area contributed by atoms with Crippen molar-refractivity contribution in [1.29, 1.82) is 0 Å². The first-order chi connectivity index (χ1) is 8.39. The van der Waals surface area contributed by atoms with Gasteiger partial charge < -0.3 is 9.63 Å². The van der Waals surface area contributed by atoms with Crippen LogP contribution in [-0.2, 0) is 6.18 Å². The average Bonchev–Trinajstić information content (AvgIpc) is 2.77. The number of pyridine rings is 1. The quantitative estimate of drug-likeness (QED) is 0.895. The van der Waals surface area contributed by atoms with Gasteiger partial charge in [0.05, 0.1) is 5.56 Å². The van der Waals surface area contributed by atoms with Crippen molar-refractivity contribution >= 4 is 5.97 Å². The predicted molar refractivity (Wildman–Crippen MR) is 51.7 cm³/mol. The van der Waals surface area contributed by atoms with Crippen LogP contribution in [0.1, 0.15) is 16.1 Å². The number of hydrogen-bond acceptors (Lipinski definition) is 4. The van der Waals surface area contributed by atoms with Gasteiger partial charge in [-0.05, 0) is 12.1 Å². The van der Waals surface area contributed by atoms with Gasteiger partial charge in [-0.15, -0.1) is 0 Å². The molecule has 2 rings (SSSR count). The Kier molecular flexibility index (Phi) is 2.77. The van der Waals surface area contributed by atoms with Crippen LogP contribution in [0.25, 0.3) is 11.5 Å². The first-order valence-electron chi connectivity index (χ1n) is 4.62. The standard InChI is InChI=1S/C10H5F3N2O3/c11-10(12,13)5-2-1-3-14-8(5)7-4-6(9(16)17)15-18-7/h1-4H,(H,16,17). The molecule has 5 nitrogen and oxygen atoms in total. The van der Waals surface area contributed by atoms with E-state index in [1.807, 2.05) is 0 Å². The summed E-state index contributed by atoms with van der Waals surface area (Å²) in [6, 6.07) is 2.84. The van der Waals surface area contributed by atoms with E-state index in [1.165, 1.54) is 0 Å². The Morgan fingerprint density at radius 1 is 1.39 bits per heavy atom. The number of carboxylic acid groups (broad SMARTS) is 1. The molecular weight excluding hydrogens is 253 g/mol. The molecule has 0 aliphatic carbocycles. The zero-order valence-corrected chi connectivity index (χ0v) is 8.60. The molecule has 0 unspecified atom stereocenters. The van der Waals surface area contributed by atoms with E-state index in [-0.39, 0.29) is 5.76 Å². The molecule has 2 aromatic heterocycles. The summed E-state index contributed by atoms with van der Waals surface area (Å²) in [6.07, 6.45) is -3.46. The van der Waals surface area contributed by atoms with E-state index in [4.69, 9.17) is 5.11 Å². The fourth-order valence-electron chi connectivity index (χ4n) is 1.32. The Balaban J connectivity index is 2.53. The molecule has 0 saturated heterocycles. The molecule has 0 fully saturated rings. The van der Waals surface area contributed by atoms with Crippen LogP contribution in [0.15, 0.2) is 28.9 Å². The maximum absolute atomic E-state index is 12.7. The monoisotopic (exact) mass is 258 g/mol. The van der Waals surface area contributed by atoms with Gasteiger partial charge in [-0.25, -0.2) is 4.79 Å². The third-order valence-corrected chi connectivity index (χ3v) is 2.08. The molecule has 0 atom stereocenters. The van der Waals surface area contributed by atoms with Gasteiger partial charge in [-0.1, -0.05) is 5.16 Å². The number of alkyl halides is 3. The average molecular weight is 258 g/mol. The van der Waals surface area contributed by atoms with Gasteiger partial charge in [0.15, 0.2) is 11.5 Å². The van der Waals surface area contributed by atoms with Gasteiger partial charge in [-0.2, -0.15) is 13.2 Å². The molecule has 0 radical (unpaired) electrons. The lowest BCUT2D eigenvalue weighted by Crippen LogP contribution is -2.07. The lowest BCUT2D eigenvalue weighted by Gasteiger charge is -2.08. The molecule has 18 heavy (non-hydrogen) atoms. The normalized spacial score (nSPS) is 11.5. The van der Waals surface area contributed by atoms with Crippen LogP contribution in [0.3, 0.4) is 0 Å². The highest BCUT2D eigenvalue weighted by atomic mass is 19.4. The van der Waals surface area contributed by atoms with Crippen LogP contribution in [-0.4, -0.2) is 21.2 Å². The van der Waals surface area contributed by atoms with Gasteiger partial charge in [0.2, 0.25) is 0 Å². The van der Waals surface area contributed by atoms with E-state index in [0.717, 1.165) is 24.4 Å². The molecular formula is C10H5F3N2O3. The minimum absolute atomic E-state index is 0.347. The highest BCUT2D eigenvalue weighted by Gasteiger charge is 2.35. The van der Waals surface area contributed by atoms with Crippen molar-refractivity contribution in [3.8, 4) is 11.5 Å². The molecule has 0 amide bonds. The van der Waals surface area contributed by atoms with E-state index in [2.05, 4.69) is 14.7 Å². The summed E-state index contributed by atoms with van der Waals surface area (Å²) in [5.41, 5.74) is -1.99. The summed E-state index contributed by atoms with van der Waals surface area (Å²) >= 11 is 0. The number of halogens is 3. The van der Waals surface area contributed by atoms with Crippen LogP contribution in [0, 0.1) is 0 Å². The Labute approximate surface area is 97.9 Å². The Hall–Kier alpha value is -2.38. The largest absolute Gasteiger partial charge is 0.476 e. The maximum Gasteiger partial charge on any atom is 0.418 e. The summed E-state index contributed by atoms with van der Waals surface area (Å²) in [5.74, 6) is -1.74. The van der Waals surface area contributed by atoms with Crippen molar-refractivity contribution in [2.75, 3.05) is 0 Å². The van der Waals surface area contributed by atoms with Gasteiger partial charge in [0.25, 0.3) is 0 Å². The second kappa shape index (κ2) is 4.13. The molecule has 94 valence electrons. The Morgan fingerprint density at radius 3 is 2.67 bits per heavy atom. The third kappa shape index (κ3) is 2.17.